The molecule has 10 nitrogen and oxygen atoms in total. The van der Waals surface area contributed by atoms with Crippen LogP contribution in [-0.2, 0) is 24.5 Å². The molecule has 1 aromatic carbocycles. The van der Waals surface area contributed by atoms with Gasteiger partial charge in [-0.15, -0.1) is 0 Å². The van der Waals surface area contributed by atoms with Gasteiger partial charge in [0.15, 0.2) is 0 Å². The van der Waals surface area contributed by atoms with Gasteiger partial charge in [-0.3, -0.25) is 18.9 Å². The lowest BCUT2D eigenvalue weighted by molar-refractivity contribution is -0.139. The van der Waals surface area contributed by atoms with E-state index in [1.54, 1.807) is 19.1 Å². The zero-order valence-corrected chi connectivity index (χ0v) is 21.1. The molecule has 0 aromatic heterocycles. The van der Waals surface area contributed by atoms with Crippen LogP contribution in [-0.4, -0.2) is 54.0 Å². The van der Waals surface area contributed by atoms with E-state index < -0.39 is 40.5 Å². The Balaban J connectivity index is 0.000000328. The van der Waals surface area contributed by atoms with Crippen LogP contribution in [0.4, 0.5) is 0 Å². The number of nitrogens with two attached hydrogens (primary N) is 1. The van der Waals surface area contributed by atoms with Gasteiger partial charge in [-0.25, -0.2) is 0 Å². The number of carbonyl (C=O) groups is 3. The largest absolute Gasteiger partial charge is 0.481 e. The Morgan fingerprint density at radius 2 is 1.49 bits per heavy atom. The summed E-state index contributed by atoms with van der Waals surface area (Å²) in [7, 11) is -4.02. The second-order valence-corrected chi connectivity index (χ2v) is 10.9. The highest BCUT2D eigenvalue weighted by atomic mass is 32.2. The number of hydrogen-bond donors (Lipinski definition) is 5. The van der Waals surface area contributed by atoms with Crippen LogP contribution in [0.25, 0.3) is 0 Å². The van der Waals surface area contributed by atoms with E-state index in [4.69, 9.17) is 15.4 Å². The molecule has 0 bridgehead atoms. The van der Waals surface area contributed by atoms with Crippen molar-refractivity contribution in [1.29, 1.82) is 0 Å². The first-order valence-corrected chi connectivity index (χ1v) is 13.4. The number of rotatable bonds is 9. The molecular weight excluding hydrogens is 474 g/mol. The number of aliphatic carboxylic acids is 1. The van der Waals surface area contributed by atoms with Gasteiger partial charge in [-0.05, 0) is 63.5 Å². The lowest BCUT2D eigenvalue weighted by atomic mass is 9.74. The molecule has 2 aliphatic carbocycles. The Bertz CT molecular complexity index is 971. The number of nitrogens with one attached hydrogen (secondary N) is 2. The Hall–Kier alpha value is -2.50. The number of aryl methyl sites for hydroxylation is 1. The average Bonchev–Trinajstić information content (AvgIpc) is 3.26. The molecular formula is C24H37N3O7S. The Morgan fingerprint density at radius 3 is 1.91 bits per heavy atom. The molecule has 11 heteroatoms. The first-order valence-electron chi connectivity index (χ1n) is 12.0. The second kappa shape index (κ2) is 13.0. The summed E-state index contributed by atoms with van der Waals surface area (Å²) in [5.74, 6) is -0.873. The van der Waals surface area contributed by atoms with Gasteiger partial charge in [0.2, 0.25) is 11.8 Å². The van der Waals surface area contributed by atoms with Crippen LogP contribution in [0.15, 0.2) is 29.2 Å². The van der Waals surface area contributed by atoms with Crippen LogP contribution in [0.3, 0.4) is 0 Å². The Kier molecular flexibility index (Phi) is 10.7. The number of hydrogen-bond acceptors (Lipinski definition) is 6. The quantitative estimate of drug-likeness (QED) is 0.313. The third kappa shape index (κ3) is 9.23. The van der Waals surface area contributed by atoms with E-state index in [-0.39, 0.29) is 16.8 Å². The second-order valence-electron chi connectivity index (χ2n) is 9.49. The molecule has 196 valence electrons. The highest BCUT2D eigenvalue weighted by molar-refractivity contribution is 7.85. The maximum absolute atomic E-state index is 12.5. The van der Waals surface area contributed by atoms with Crippen LogP contribution >= 0.6 is 0 Å². The maximum atomic E-state index is 12.5. The van der Waals surface area contributed by atoms with Gasteiger partial charge in [0.25, 0.3) is 10.1 Å². The average molecular weight is 512 g/mol. The molecule has 2 aliphatic rings. The highest BCUT2D eigenvalue weighted by Crippen LogP contribution is 2.38. The molecule has 35 heavy (non-hydrogen) atoms. The van der Waals surface area contributed by atoms with E-state index in [1.807, 2.05) is 6.92 Å². The van der Waals surface area contributed by atoms with Crippen molar-refractivity contribution in [3.8, 4) is 0 Å². The Morgan fingerprint density at radius 1 is 0.971 bits per heavy atom. The third-order valence-corrected chi connectivity index (χ3v) is 7.54. The molecule has 3 rings (SSSR count). The van der Waals surface area contributed by atoms with Gasteiger partial charge in [0.1, 0.15) is 6.04 Å². The van der Waals surface area contributed by atoms with E-state index in [9.17, 15) is 22.8 Å². The predicted molar refractivity (Wildman–Crippen MR) is 130 cm³/mol. The summed E-state index contributed by atoms with van der Waals surface area (Å²) in [6.45, 7) is 3.45. The van der Waals surface area contributed by atoms with Crippen LogP contribution in [0.1, 0.15) is 63.9 Å². The van der Waals surface area contributed by atoms with E-state index >= 15 is 0 Å². The van der Waals surface area contributed by atoms with Crippen molar-refractivity contribution in [2.75, 3.05) is 0 Å². The minimum Gasteiger partial charge on any atom is -0.481 e. The molecule has 2 amide bonds. The molecule has 0 spiro atoms. The standard InChI is InChI=1S/C17H29N3O4.C7H8O3S/c1-10(19-17(24)13(18)9-14(21)22)16(23)20-15(12-7-4-8-12)11-5-2-3-6-11;1-6-2-4-7(5-3-6)11(8,9)10/h10-13,15H,2-9,18H2,1H3,(H,19,24)(H,20,23)(H,21,22);2-5H,1H3,(H,8,9,10)/t10-,13+,15?;/m1./s1. The molecule has 2 saturated carbocycles. The normalized spacial score (nSPS) is 18.9. The minimum atomic E-state index is -4.02. The summed E-state index contributed by atoms with van der Waals surface area (Å²) >= 11 is 0. The van der Waals surface area contributed by atoms with Crippen LogP contribution in [0, 0.1) is 18.8 Å². The van der Waals surface area contributed by atoms with Crippen molar-refractivity contribution in [2.24, 2.45) is 17.6 Å². The molecule has 0 saturated heterocycles. The molecule has 3 atom stereocenters. The monoisotopic (exact) mass is 511 g/mol. The molecule has 0 radical (unpaired) electrons. The summed E-state index contributed by atoms with van der Waals surface area (Å²) < 4.78 is 29.6. The molecule has 6 N–H and O–H groups in total. The lowest BCUT2D eigenvalue weighted by Crippen LogP contribution is -2.55. The van der Waals surface area contributed by atoms with E-state index in [2.05, 4.69) is 10.6 Å². The van der Waals surface area contributed by atoms with Gasteiger partial charge in [0.05, 0.1) is 17.4 Å². The Labute approximate surface area is 206 Å². The van der Waals surface area contributed by atoms with Crippen LogP contribution in [0.5, 0.6) is 0 Å². The zero-order valence-electron chi connectivity index (χ0n) is 20.3. The summed E-state index contributed by atoms with van der Waals surface area (Å²) in [6.07, 6.45) is 7.85. The van der Waals surface area contributed by atoms with Crippen molar-refractivity contribution in [3.63, 3.8) is 0 Å². The molecule has 1 unspecified atom stereocenters. The molecule has 1 aromatic rings. The minimum absolute atomic E-state index is 0.0666. The summed E-state index contributed by atoms with van der Waals surface area (Å²) in [6, 6.07) is 4.32. The SMILES string of the molecule is C[C@@H](NC(=O)[C@@H](N)CC(=O)O)C(=O)NC(C1CCCC1)C1CCC1.Cc1ccc(S(=O)(=O)O)cc1. The van der Waals surface area contributed by atoms with E-state index in [1.165, 1.54) is 31.4 Å². The van der Waals surface area contributed by atoms with Crippen molar-refractivity contribution < 1.29 is 32.5 Å². The van der Waals surface area contributed by atoms with Crippen molar-refractivity contribution in [2.45, 2.75) is 88.2 Å². The van der Waals surface area contributed by atoms with Gasteiger partial charge in [0, 0.05) is 6.04 Å². The summed E-state index contributed by atoms with van der Waals surface area (Å²) in [5.41, 5.74) is 6.48. The van der Waals surface area contributed by atoms with Gasteiger partial charge in [-0.2, -0.15) is 8.42 Å². The number of amides is 2. The van der Waals surface area contributed by atoms with E-state index in [0.29, 0.717) is 11.8 Å². The maximum Gasteiger partial charge on any atom is 0.305 e. The van der Waals surface area contributed by atoms with Crippen molar-refractivity contribution in [3.05, 3.63) is 29.8 Å². The van der Waals surface area contributed by atoms with Gasteiger partial charge >= 0.3 is 5.97 Å². The molecule has 0 heterocycles. The van der Waals surface area contributed by atoms with Crippen molar-refractivity contribution >= 4 is 27.9 Å². The molecule has 0 aliphatic heterocycles. The van der Waals surface area contributed by atoms with E-state index in [0.717, 1.165) is 31.2 Å². The van der Waals surface area contributed by atoms with Crippen LogP contribution < -0.4 is 16.4 Å². The summed E-state index contributed by atoms with van der Waals surface area (Å²) in [4.78, 5) is 34.8. The molecule has 2 fully saturated rings. The lowest BCUT2D eigenvalue weighted by Gasteiger charge is -2.38. The highest BCUT2D eigenvalue weighted by Gasteiger charge is 2.36. The topological polar surface area (TPSA) is 176 Å². The van der Waals surface area contributed by atoms with Crippen molar-refractivity contribution in [1.82, 2.24) is 10.6 Å². The number of benzene rings is 1. The summed E-state index contributed by atoms with van der Waals surface area (Å²) in [5, 5.41) is 14.3. The first-order chi connectivity index (χ1) is 16.4. The smallest absolute Gasteiger partial charge is 0.305 e. The van der Waals surface area contributed by atoms with Gasteiger partial charge < -0.3 is 21.5 Å². The zero-order chi connectivity index (χ0) is 26.2. The van der Waals surface area contributed by atoms with Crippen LogP contribution in [0.2, 0.25) is 0 Å². The number of carboxylic acid groups (broad SMARTS) is 1. The number of carbonyl (C=O) groups excluding carboxylic acids is 2. The van der Waals surface area contributed by atoms with Gasteiger partial charge in [-0.1, -0.05) is 37.0 Å². The fraction of sp³-hybridized carbons (Fsp3) is 0.625. The first kappa shape index (κ1) is 28.7. The predicted octanol–water partition coefficient (Wildman–Crippen LogP) is 2.01. The fourth-order valence-electron chi connectivity index (χ4n) is 4.40. The third-order valence-electron chi connectivity index (χ3n) is 6.68. The fourth-order valence-corrected chi connectivity index (χ4v) is 4.88. The number of carboxylic acids is 1.